The van der Waals surface area contributed by atoms with Crippen molar-refractivity contribution in [2.45, 2.75) is 62.8 Å². The fourth-order valence-corrected chi connectivity index (χ4v) is 6.53. The average Bonchev–Trinajstić information content (AvgIpc) is 3.41. The Morgan fingerprint density at radius 2 is 1.97 bits per heavy atom. The van der Waals surface area contributed by atoms with Crippen LogP contribution < -0.4 is 0 Å². The molecule has 1 aliphatic heterocycles. The van der Waals surface area contributed by atoms with Gasteiger partial charge in [-0.15, -0.1) is 24.2 Å². The number of phenolic OH excluding ortho intramolecular Hbond substituents is 1. The van der Waals surface area contributed by atoms with Gasteiger partial charge in [0.1, 0.15) is 5.75 Å². The molecule has 35 heavy (non-hydrogen) atoms. The minimum atomic E-state index is -0.295. The van der Waals surface area contributed by atoms with Crippen molar-refractivity contribution in [1.82, 2.24) is 9.47 Å². The molecule has 1 saturated heterocycles. The summed E-state index contributed by atoms with van der Waals surface area (Å²) in [5, 5.41) is 12.0. The first-order valence-corrected chi connectivity index (χ1v) is 13.9. The van der Waals surface area contributed by atoms with Crippen molar-refractivity contribution < 1.29 is 14.6 Å². The molecule has 0 atom stereocenters. The molecule has 2 aliphatic rings. The van der Waals surface area contributed by atoms with E-state index in [0.29, 0.717) is 35.0 Å². The number of thioether (sulfide) groups is 1. The first kappa shape index (κ1) is 26.4. The van der Waals surface area contributed by atoms with Crippen LogP contribution >= 0.6 is 40.1 Å². The van der Waals surface area contributed by atoms with Gasteiger partial charge in [0.25, 0.3) is 0 Å². The number of likely N-dealkylation sites (tertiary alicyclic amines) is 1. The summed E-state index contributed by atoms with van der Waals surface area (Å²) in [6, 6.07) is 10.8. The lowest BCUT2D eigenvalue weighted by molar-refractivity contribution is 0.0527. The van der Waals surface area contributed by atoms with Crippen LogP contribution in [0, 0.1) is 6.92 Å². The number of nitrogens with zero attached hydrogens (tertiary/aromatic N) is 2. The number of carbonyl (C=O) groups is 1. The van der Waals surface area contributed by atoms with Crippen LogP contribution in [0.15, 0.2) is 39.7 Å². The van der Waals surface area contributed by atoms with Gasteiger partial charge in [-0.25, -0.2) is 4.79 Å². The fraction of sp³-hybridized carbons (Fsp3) is 0.444. The summed E-state index contributed by atoms with van der Waals surface area (Å²) in [6.45, 7) is 6.93. The second-order valence-corrected chi connectivity index (χ2v) is 11.2. The number of rotatable bonds is 8. The number of hydrogen-bond acceptors (Lipinski definition) is 5. The summed E-state index contributed by atoms with van der Waals surface area (Å²) in [5.41, 5.74) is 4.70. The van der Waals surface area contributed by atoms with Crippen LogP contribution in [0.4, 0.5) is 0 Å². The molecule has 188 valence electrons. The SMILES string of the molecule is CCOC(=O)c1c(CSc2cccc(C)c2)n(C2CC2)c2cc(Br)c(O)c(CN3CCCC3)c12.Cl. The number of fused-ring (bicyclic) bond motifs is 1. The Kier molecular flexibility index (Phi) is 8.41. The largest absolute Gasteiger partial charge is 0.506 e. The number of esters is 1. The van der Waals surface area contributed by atoms with Gasteiger partial charge in [0.05, 0.1) is 22.2 Å². The van der Waals surface area contributed by atoms with Gasteiger partial charge in [-0.05, 0) is 86.7 Å². The predicted octanol–water partition coefficient (Wildman–Crippen LogP) is 7.24. The van der Waals surface area contributed by atoms with Crippen LogP contribution in [0.2, 0.25) is 0 Å². The maximum atomic E-state index is 13.4. The number of benzene rings is 2. The first-order chi connectivity index (χ1) is 16.5. The van der Waals surface area contributed by atoms with Crippen molar-refractivity contribution >= 4 is 57.0 Å². The summed E-state index contributed by atoms with van der Waals surface area (Å²) < 4.78 is 8.62. The summed E-state index contributed by atoms with van der Waals surface area (Å²) in [4.78, 5) is 17.0. The van der Waals surface area contributed by atoms with Crippen molar-refractivity contribution in [3.05, 3.63) is 57.2 Å². The lowest BCUT2D eigenvalue weighted by Crippen LogP contribution is -2.19. The van der Waals surface area contributed by atoms with E-state index in [2.05, 4.69) is 56.6 Å². The minimum Gasteiger partial charge on any atom is -0.506 e. The van der Waals surface area contributed by atoms with Gasteiger partial charge in [0, 0.05) is 39.9 Å². The number of ether oxygens (including phenoxy) is 1. The molecule has 0 unspecified atom stereocenters. The second-order valence-electron chi connectivity index (χ2n) is 9.31. The number of halogens is 2. The third-order valence-corrected chi connectivity index (χ3v) is 8.37. The lowest BCUT2D eigenvalue weighted by atomic mass is 10.0. The molecule has 1 N–H and O–H groups in total. The number of phenols is 1. The standard InChI is InChI=1S/C27H31BrN2O3S.ClH/c1-3-33-27(32)25-23(16-34-19-8-6-7-17(2)13-19)30(18-9-10-18)22-14-21(28)26(31)20(24(22)25)15-29-11-4-5-12-29;/h6-8,13-14,18,31H,3-5,9-12,15-16H2,1-2H3;1H. The quantitative estimate of drug-likeness (QED) is 0.225. The minimum absolute atomic E-state index is 0. The van der Waals surface area contributed by atoms with Gasteiger partial charge in [0.2, 0.25) is 0 Å². The molecule has 0 spiro atoms. The third-order valence-electron chi connectivity index (χ3n) is 6.76. The summed E-state index contributed by atoms with van der Waals surface area (Å²) >= 11 is 5.35. The Hall–Kier alpha value is -1.67. The van der Waals surface area contributed by atoms with Crippen molar-refractivity contribution in [3.8, 4) is 5.75 Å². The third kappa shape index (κ3) is 5.38. The molecular formula is C27H32BrClN2O3S. The molecule has 0 radical (unpaired) electrons. The maximum Gasteiger partial charge on any atom is 0.340 e. The molecule has 1 saturated carbocycles. The second kappa shape index (κ2) is 11.2. The van der Waals surface area contributed by atoms with E-state index in [9.17, 15) is 9.90 Å². The van der Waals surface area contributed by atoms with Gasteiger partial charge in [-0.1, -0.05) is 17.7 Å². The summed E-state index contributed by atoms with van der Waals surface area (Å²) in [6.07, 6.45) is 4.55. The fourth-order valence-electron chi connectivity index (χ4n) is 5.05. The number of aromatic nitrogens is 1. The smallest absolute Gasteiger partial charge is 0.340 e. The molecule has 2 aromatic carbocycles. The van der Waals surface area contributed by atoms with E-state index < -0.39 is 0 Å². The zero-order valence-electron chi connectivity index (χ0n) is 20.2. The van der Waals surface area contributed by atoms with E-state index >= 15 is 0 Å². The molecule has 1 aliphatic carbocycles. The van der Waals surface area contributed by atoms with Gasteiger partial charge in [-0.3, -0.25) is 4.90 Å². The van der Waals surface area contributed by atoms with E-state index in [1.54, 1.807) is 11.8 Å². The average molecular weight is 580 g/mol. The highest BCUT2D eigenvalue weighted by Gasteiger charge is 2.35. The number of carbonyl (C=O) groups excluding carboxylic acids is 1. The monoisotopic (exact) mass is 578 g/mol. The number of aromatic hydroxyl groups is 1. The van der Waals surface area contributed by atoms with Crippen molar-refractivity contribution in [2.75, 3.05) is 19.7 Å². The highest BCUT2D eigenvalue weighted by molar-refractivity contribution is 9.10. The molecule has 5 rings (SSSR count). The van der Waals surface area contributed by atoms with E-state index in [1.807, 2.05) is 13.0 Å². The van der Waals surface area contributed by atoms with Crippen molar-refractivity contribution in [3.63, 3.8) is 0 Å². The molecule has 1 aromatic heterocycles. The van der Waals surface area contributed by atoms with Crippen LogP contribution in [0.1, 0.15) is 65.8 Å². The van der Waals surface area contributed by atoms with Crippen LogP contribution in [-0.4, -0.2) is 40.2 Å². The molecule has 8 heteroatoms. The highest BCUT2D eigenvalue weighted by atomic mass is 79.9. The predicted molar refractivity (Wildman–Crippen MR) is 148 cm³/mol. The maximum absolute atomic E-state index is 13.4. The van der Waals surface area contributed by atoms with Gasteiger partial charge < -0.3 is 14.4 Å². The van der Waals surface area contributed by atoms with Crippen LogP contribution in [-0.2, 0) is 17.0 Å². The zero-order valence-corrected chi connectivity index (χ0v) is 23.4. The molecule has 2 fully saturated rings. The molecule has 2 heterocycles. The zero-order chi connectivity index (χ0) is 23.8. The van der Waals surface area contributed by atoms with Crippen molar-refractivity contribution in [2.24, 2.45) is 0 Å². The summed E-state index contributed by atoms with van der Waals surface area (Å²) in [7, 11) is 0. The Morgan fingerprint density at radius 1 is 1.23 bits per heavy atom. The van der Waals surface area contributed by atoms with Gasteiger partial charge in [0.15, 0.2) is 0 Å². The normalized spacial score (nSPS) is 16.0. The Bertz CT molecular complexity index is 1240. The summed E-state index contributed by atoms with van der Waals surface area (Å²) in [5.74, 6) is 0.608. The topological polar surface area (TPSA) is 54.7 Å². The van der Waals surface area contributed by atoms with Gasteiger partial charge >= 0.3 is 5.97 Å². The lowest BCUT2D eigenvalue weighted by Gasteiger charge is -2.18. The van der Waals surface area contributed by atoms with Gasteiger partial charge in [-0.2, -0.15) is 0 Å². The van der Waals surface area contributed by atoms with Crippen LogP contribution in [0.25, 0.3) is 10.9 Å². The van der Waals surface area contributed by atoms with Crippen molar-refractivity contribution in [1.29, 1.82) is 0 Å². The van der Waals surface area contributed by atoms with E-state index in [1.165, 1.54) is 23.3 Å². The molecule has 0 bridgehead atoms. The molecule has 5 nitrogen and oxygen atoms in total. The van der Waals surface area contributed by atoms with Crippen LogP contribution in [0.3, 0.4) is 0 Å². The molecule has 3 aromatic rings. The Labute approximate surface area is 225 Å². The Morgan fingerprint density at radius 3 is 2.63 bits per heavy atom. The number of hydrogen-bond donors (Lipinski definition) is 1. The Balaban J connectivity index is 0.00000289. The van der Waals surface area contributed by atoms with E-state index in [0.717, 1.165) is 48.1 Å². The molecular weight excluding hydrogens is 548 g/mol. The van der Waals surface area contributed by atoms with E-state index in [4.69, 9.17) is 4.74 Å². The first-order valence-electron chi connectivity index (χ1n) is 12.1. The van der Waals surface area contributed by atoms with Crippen LogP contribution in [0.5, 0.6) is 5.75 Å². The molecule has 0 amide bonds. The van der Waals surface area contributed by atoms with E-state index in [-0.39, 0.29) is 24.1 Å². The number of aryl methyl sites for hydroxylation is 1. The highest BCUT2D eigenvalue weighted by Crippen LogP contribution is 2.47.